The molecule has 1 aromatic heterocycles. The molecule has 4 atom stereocenters. The highest BCUT2D eigenvalue weighted by Crippen LogP contribution is 2.48. The molecule has 0 saturated heterocycles. The molecule has 3 rings (SSSR count). The first-order valence-corrected chi connectivity index (χ1v) is 9.32. The Morgan fingerprint density at radius 2 is 2.19 bits per heavy atom. The minimum atomic E-state index is 0.414. The Morgan fingerprint density at radius 1 is 1.38 bits per heavy atom. The Bertz CT molecular complexity index is 484. The van der Waals surface area contributed by atoms with Crippen molar-refractivity contribution in [1.82, 2.24) is 10.3 Å². The van der Waals surface area contributed by atoms with E-state index in [0.717, 1.165) is 24.3 Å². The van der Waals surface area contributed by atoms with E-state index in [1.165, 1.54) is 47.9 Å². The number of anilines is 1. The van der Waals surface area contributed by atoms with Crippen LogP contribution in [0.1, 0.15) is 56.1 Å². The first-order chi connectivity index (χ1) is 10.1. The van der Waals surface area contributed by atoms with Crippen molar-refractivity contribution < 1.29 is 0 Å². The van der Waals surface area contributed by atoms with E-state index in [4.69, 9.17) is 4.98 Å². The third kappa shape index (κ3) is 3.11. The van der Waals surface area contributed by atoms with Crippen LogP contribution in [0.25, 0.3) is 0 Å². The maximum atomic E-state index is 4.82. The quantitative estimate of drug-likeness (QED) is 0.861. The molecule has 2 aliphatic rings. The number of rotatable bonds is 6. The summed E-state index contributed by atoms with van der Waals surface area (Å²) < 4.78 is 0. The van der Waals surface area contributed by atoms with Crippen molar-refractivity contribution in [2.75, 3.05) is 25.0 Å². The lowest BCUT2D eigenvalue weighted by molar-refractivity contribution is 0.337. The molecule has 0 amide bonds. The molecule has 0 aromatic carbocycles. The van der Waals surface area contributed by atoms with Gasteiger partial charge in [0, 0.05) is 24.5 Å². The molecule has 21 heavy (non-hydrogen) atoms. The van der Waals surface area contributed by atoms with Crippen LogP contribution < -0.4 is 10.2 Å². The van der Waals surface area contributed by atoms with E-state index in [0.29, 0.717) is 6.04 Å². The molecule has 1 heterocycles. The Hall–Kier alpha value is -0.610. The third-order valence-corrected chi connectivity index (χ3v) is 6.90. The predicted molar refractivity (Wildman–Crippen MR) is 91.2 cm³/mol. The van der Waals surface area contributed by atoms with Gasteiger partial charge < -0.3 is 10.2 Å². The van der Waals surface area contributed by atoms with Gasteiger partial charge in [0.25, 0.3) is 0 Å². The van der Waals surface area contributed by atoms with Gasteiger partial charge >= 0.3 is 0 Å². The molecule has 0 spiro atoms. The van der Waals surface area contributed by atoms with Gasteiger partial charge in [-0.05, 0) is 57.4 Å². The minimum Gasteiger partial charge on any atom is -0.351 e. The van der Waals surface area contributed by atoms with Crippen LogP contribution in [0.2, 0.25) is 0 Å². The van der Waals surface area contributed by atoms with E-state index in [-0.39, 0.29) is 0 Å². The summed E-state index contributed by atoms with van der Waals surface area (Å²) in [6, 6.07) is 0.414. The van der Waals surface area contributed by atoms with Crippen molar-refractivity contribution in [1.29, 1.82) is 0 Å². The second kappa shape index (κ2) is 6.25. The molecule has 0 radical (unpaired) electrons. The summed E-state index contributed by atoms with van der Waals surface area (Å²) in [5.41, 5.74) is 1.20. The van der Waals surface area contributed by atoms with E-state index in [2.05, 4.69) is 38.0 Å². The summed E-state index contributed by atoms with van der Waals surface area (Å²) in [7, 11) is 2.23. The molecule has 3 nitrogen and oxygen atoms in total. The Morgan fingerprint density at radius 3 is 2.81 bits per heavy atom. The maximum Gasteiger partial charge on any atom is 0.185 e. The molecule has 1 N–H and O–H groups in total. The van der Waals surface area contributed by atoms with Crippen LogP contribution in [0.5, 0.6) is 0 Å². The van der Waals surface area contributed by atoms with Crippen LogP contribution >= 0.6 is 11.3 Å². The molecular formula is C17H29N3S. The SMILES string of the molecule is CCNC(C)c1sc(N(C)CC2CC3CCC2C3)nc1C. The van der Waals surface area contributed by atoms with E-state index in [9.17, 15) is 0 Å². The summed E-state index contributed by atoms with van der Waals surface area (Å²) in [6.07, 6.45) is 5.92. The first kappa shape index (κ1) is 15.3. The molecule has 2 bridgehead atoms. The highest BCUT2D eigenvalue weighted by molar-refractivity contribution is 7.15. The van der Waals surface area contributed by atoms with E-state index >= 15 is 0 Å². The Balaban J connectivity index is 1.64. The fourth-order valence-electron chi connectivity index (χ4n) is 4.39. The van der Waals surface area contributed by atoms with E-state index < -0.39 is 0 Å². The van der Waals surface area contributed by atoms with Crippen LogP contribution in [0.3, 0.4) is 0 Å². The zero-order valence-corrected chi connectivity index (χ0v) is 14.7. The number of hydrogen-bond donors (Lipinski definition) is 1. The number of fused-ring (bicyclic) bond motifs is 2. The maximum absolute atomic E-state index is 4.82. The number of nitrogens with one attached hydrogen (secondary N) is 1. The average Bonchev–Trinajstić information content (AvgIpc) is 3.13. The minimum absolute atomic E-state index is 0.414. The lowest BCUT2D eigenvalue weighted by Gasteiger charge is -2.26. The highest BCUT2D eigenvalue weighted by atomic mass is 32.1. The van der Waals surface area contributed by atoms with Gasteiger partial charge in [-0.25, -0.2) is 4.98 Å². The van der Waals surface area contributed by atoms with E-state index in [1.54, 1.807) is 0 Å². The van der Waals surface area contributed by atoms with Gasteiger partial charge in [0.1, 0.15) is 0 Å². The van der Waals surface area contributed by atoms with Gasteiger partial charge in [0.15, 0.2) is 5.13 Å². The lowest BCUT2D eigenvalue weighted by atomic mass is 9.88. The summed E-state index contributed by atoms with van der Waals surface area (Å²) in [5.74, 6) is 2.95. The third-order valence-electron chi connectivity index (χ3n) is 5.44. The average molecular weight is 308 g/mol. The topological polar surface area (TPSA) is 28.2 Å². The number of nitrogens with zero attached hydrogens (tertiary/aromatic N) is 2. The van der Waals surface area contributed by atoms with Crippen molar-refractivity contribution >= 4 is 16.5 Å². The lowest BCUT2D eigenvalue weighted by Crippen LogP contribution is -2.28. The van der Waals surface area contributed by atoms with Crippen LogP contribution in [-0.2, 0) is 0 Å². The van der Waals surface area contributed by atoms with Gasteiger partial charge in [0.2, 0.25) is 0 Å². The molecule has 2 aliphatic carbocycles. The summed E-state index contributed by atoms with van der Waals surface area (Å²) in [5, 5.41) is 4.71. The molecule has 1 aromatic rings. The van der Waals surface area contributed by atoms with Gasteiger partial charge in [0.05, 0.1) is 5.69 Å². The Kier molecular flexibility index (Phi) is 4.55. The zero-order valence-electron chi connectivity index (χ0n) is 13.9. The molecule has 2 fully saturated rings. The smallest absolute Gasteiger partial charge is 0.185 e. The van der Waals surface area contributed by atoms with Gasteiger partial charge in [-0.1, -0.05) is 13.3 Å². The van der Waals surface area contributed by atoms with Crippen LogP contribution in [0, 0.1) is 24.7 Å². The molecule has 4 heteroatoms. The van der Waals surface area contributed by atoms with Crippen molar-refractivity contribution in [3.8, 4) is 0 Å². The zero-order chi connectivity index (χ0) is 15.0. The molecule has 4 unspecified atom stereocenters. The standard InChI is InChI=1S/C17H29N3S/c1-5-18-11(2)16-12(3)19-17(21-16)20(4)10-15-9-13-6-7-14(15)8-13/h11,13-15,18H,5-10H2,1-4H3. The van der Waals surface area contributed by atoms with Crippen molar-refractivity contribution in [2.24, 2.45) is 17.8 Å². The Labute approximate surface area is 133 Å². The molecule has 0 aliphatic heterocycles. The van der Waals surface area contributed by atoms with Crippen molar-refractivity contribution in [3.63, 3.8) is 0 Å². The van der Waals surface area contributed by atoms with Crippen molar-refractivity contribution in [3.05, 3.63) is 10.6 Å². The normalized spacial score (nSPS) is 29.0. The molecule has 118 valence electrons. The van der Waals surface area contributed by atoms with Crippen LogP contribution in [0.4, 0.5) is 5.13 Å². The van der Waals surface area contributed by atoms with Crippen molar-refractivity contribution in [2.45, 2.75) is 52.5 Å². The second-order valence-electron chi connectivity index (χ2n) is 7.04. The van der Waals surface area contributed by atoms with Gasteiger partial charge in [-0.2, -0.15) is 0 Å². The van der Waals surface area contributed by atoms with Gasteiger partial charge in [-0.15, -0.1) is 11.3 Å². The largest absolute Gasteiger partial charge is 0.351 e. The summed E-state index contributed by atoms with van der Waals surface area (Å²) in [6.45, 7) is 8.76. The van der Waals surface area contributed by atoms with Crippen LogP contribution in [-0.4, -0.2) is 25.1 Å². The summed E-state index contributed by atoms with van der Waals surface area (Å²) >= 11 is 1.87. The fraction of sp³-hybridized carbons (Fsp3) is 0.824. The predicted octanol–water partition coefficient (Wildman–Crippen LogP) is 3.99. The second-order valence-corrected chi connectivity index (χ2v) is 8.05. The highest BCUT2D eigenvalue weighted by Gasteiger charge is 2.39. The number of aryl methyl sites for hydroxylation is 1. The van der Waals surface area contributed by atoms with Gasteiger partial charge in [-0.3, -0.25) is 0 Å². The number of aromatic nitrogens is 1. The van der Waals surface area contributed by atoms with E-state index in [1.807, 2.05) is 11.3 Å². The molecular weight excluding hydrogens is 278 g/mol. The number of hydrogen-bond acceptors (Lipinski definition) is 4. The van der Waals surface area contributed by atoms with Crippen LogP contribution in [0.15, 0.2) is 0 Å². The fourth-order valence-corrected chi connectivity index (χ4v) is 5.45. The summed E-state index contributed by atoms with van der Waals surface area (Å²) in [4.78, 5) is 8.63. The first-order valence-electron chi connectivity index (χ1n) is 8.50. The number of thiazole rings is 1. The monoisotopic (exact) mass is 307 g/mol. The molecule has 2 saturated carbocycles.